The monoisotopic (exact) mass is 422 g/mol. The van der Waals surface area contributed by atoms with E-state index in [0.717, 1.165) is 63.8 Å². The van der Waals surface area contributed by atoms with Crippen LogP contribution in [0.4, 0.5) is 10.1 Å². The first-order chi connectivity index (χ1) is 15.1. The van der Waals surface area contributed by atoms with Gasteiger partial charge in [-0.2, -0.15) is 0 Å². The molecule has 0 unspecified atom stereocenters. The molecule has 2 aromatic rings. The van der Waals surface area contributed by atoms with E-state index in [9.17, 15) is 14.0 Å². The number of amides is 1. The normalized spacial score (nSPS) is 17.5. The zero-order chi connectivity index (χ0) is 21.6. The van der Waals surface area contributed by atoms with Crippen molar-refractivity contribution in [3.8, 4) is 0 Å². The molecular formula is C26H31FN2O2. The fraction of sp³-hybridized carbons (Fsp3) is 0.462. The van der Waals surface area contributed by atoms with Crippen LogP contribution in [0.3, 0.4) is 0 Å². The van der Waals surface area contributed by atoms with Crippen molar-refractivity contribution in [3.05, 3.63) is 65.5 Å². The summed E-state index contributed by atoms with van der Waals surface area (Å²) in [6.45, 7) is 3.14. The summed E-state index contributed by atoms with van der Waals surface area (Å²) in [7, 11) is 0. The minimum atomic E-state index is -0.310. The number of carbonyl (C=O) groups excluding carboxylic acids is 2. The number of unbranched alkanes of at least 4 members (excludes halogenated alkanes) is 1. The van der Waals surface area contributed by atoms with Crippen molar-refractivity contribution >= 4 is 17.4 Å². The second-order valence-corrected chi connectivity index (χ2v) is 8.89. The molecule has 2 aromatic carbocycles. The lowest BCUT2D eigenvalue weighted by Crippen LogP contribution is -2.33. The van der Waals surface area contributed by atoms with Gasteiger partial charge in [0, 0.05) is 23.6 Å². The van der Waals surface area contributed by atoms with Crippen molar-refractivity contribution in [3.63, 3.8) is 0 Å². The highest BCUT2D eigenvalue weighted by Crippen LogP contribution is 2.32. The van der Waals surface area contributed by atoms with Gasteiger partial charge in [-0.15, -0.1) is 0 Å². The molecule has 1 saturated carbocycles. The Kier molecular flexibility index (Phi) is 7.13. The van der Waals surface area contributed by atoms with E-state index in [0.29, 0.717) is 17.9 Å². The Balaban J connectivity index is 1.16. The molecule has 164 valence electrons. The third-order valence-corrected chi connectivity index (χ3v) is 6.46. The minimum absolute atomic E-state index is 0.0902. The molecule has 2 aliphatic rings. The Morgan fingerprint density at radius 2 is 1.71 bits per heavy atom. The maximum atomic E-state index is 13.0. The lowest BCUT2D eigenvalue weighted by Gasteiger charge is -2.32. The first kappa shape index (κ1) is 21.7. The van der Waals surface area contributed by atoms with E-state index in [1.807, 2.05) is 12.1 Å². The molecule has 1 amide bonds. The molecule has 1 saturated heterocycles. The average molecular weight is 423 g/mol. The number of ketones is 1. The minimum Gasteiger partial charge on any atom is -0.326 e. The van der Waals surface area contributed by atoms with E-state index in [4.69, 9.17) is 0 Å². The van der Waals surface area contributed by atoms with Gasteiger partial charge in [-0.1, -0.05) is 12.1 Å². The largest absolute Gasteiger partial charge is 0.326 e. The van der Waals surface area contributed by atoms with E-state index >= 15 is 0 Å². The zero-order valence-electron chi connectivity index (χ0n) is 18.0. The number of anilines is 1. The first-order valence-corrected chi connectivity index (χ1v) is 11.5. The summed E-state index contributed by atoms with van der Waals surface area (Å²) in [5.41, 5.74) is 2.83. The van der Waals surface area contributed by atoms with Crippen molar-refractivity contribution in [2.45, 2.75) is 50.9 Å². The first-order valence-electron chi connectivity index (χ1n) is 11.5. The number of Topliss-reactive ketones (excluding diaryl/α,β-unsaturated/α-hetero) is 1. The third-order valence-electron chi connectivity index (χ3n) is 6.46. The van der Waals surface area contributed by atoms with Gasteiger partial charge in [0.05, 0.1) is 0 Å². The summed E-state index contributed by atoms with van der Waals surface area (Å²) in [5, 5.41) is 3.05. The van der Waals surface area contributed by atoms with E-state index in [2.05, 4.69) is 22.3 Å². The second-order valence-electron chi connectivity index (χ2n) is 8.89. The molecule has 31 heavy (non-hydrogen) atoms. The molecule has 1 N–H and O–H groups in total. The number of likely N-dealkylation sites (tertiary alicyclic amines) is 1. The molecule has 0 spiro atoms. The molecule has 1 heterocycles. The maximum absolute atomic E-state index is 13.0. The van der Waals surface area contributed by atoms with Crippen LogP contribution in [0.25, 0.3) is 0 Å². The molecule has 5 heteroatoms. The van der Waals surface area contributed by atoms with Crippen LogP contribution in [0.5, 0.6) is 0 Å². The van der Waals surface area contributed by atoms with Crippen LogP contribution >= 0.6 is 0 Å². The molecule has 0 aromatic heterocycles. The summed E-state index contributed by atoms with van der Waals surface area (Å²) < 4.78 is 13.0. The number of hydrogen-bond acceptors (Lipinski definition) is 3. The van der Waals surface area contributed by atoms with E-state index in [1.54, 1.807) is 12.1 Å². The standard InChI is InChI=1S/C26H31FN2O2/c27-23-11-9-20(10-12-23)25(30)6-1-2-15-29-16-13-19(14-17-29)22-4-3-5-24(18-22)28-26(31)21-7-8-21/h3-5,9-12,18-19,21H,1-2,6-8,13-17H2,(H,28,31). The number of hydrogen-bond donors (Lipinski definition) is 1. The second kappa shape index (κ2) is 10.2. The Labute approximate surface area is 183 Å². The van der Waals surface area contributed by atoms with Crippen molar-refractivity contribution in [1.82, 2.24) is 4.90 Å². The van der Waals surface area contributed by atoms with Crippen LogP contribution < -0.4 is 5.32 Å². The maximum Gasteiger partial charge on any atom is 0.227 e. The van der Waals surface area contributed by atoms with Gasteiger partial charge in [-0.25, -0.2) is 4.39 Å². The number of nitrogens with one attached hydrogen (secondary N) is 1. The summed E-state index contributed by atoms with van der Waals surface area (Å²) >= 11 is 0. The van der Waals surface area contributed by atoms with Gasteiger partial charge in [0.2, 0.25) is 5.91 Å². The number of halogens is 1. The van der Waals surface area contributed by atoms with Crippen molar-refractivity contribution in [2.24, 2.45) is 5.92 Å². The topological polar surface area (TPSA) is 49.4 Å². The third kappa shape index (κ3) is 6.23. The van der Waals surface area contributed by atoms with Crippen LogP contribution in [0.1, 0.15) is 66.8 Å². The SMILES string of the molecule is O=C(CCCCN1CCC(c2cccc(NC(=O)C3CC3)c2)CC1)c1ccc(F)cc1. The molecular weight excluding hydrogens is 391 g/mol. The van der Waals surface area contributed by atoms with Gasteiger partial charge in [0.1, 0.15) is 5.82 Å². The van der Waals surface area contributed by atoms with Gasteiger partial charge in [-0.3, -0.25) is 9.59 Å². The van der Waals surface area contributed by atoms with Crippen LogP contribution in [-0.2, 0) is 4.79 Å². The zero-order valence-corrected chi connectivity index (χ0v) is 18.0. The molecule has 0 bridgehead atoms. The molecule has 4 nitrogen and oxygen atoms in total. The summed E-state index contributed by atoms with van der Waals surface area (Å²) in [5.74, 6) is 0.693. The van der Waals surface area contributed by atoms with Crippen LogP contribution in [0.15, 0.2) is 48.5 Å². The van der Waals surface area contributed by atoms with Gasteiger partial charge < -0.3 is 10.2 Å². The molecule has 2 fully saturated rings. The lowest BCUT2D eigenvalue weighted by atomic mass is 9.89. The average Bonchev–Trinajstić information content (AvgIpc) is 3.63. The number of benzene rings is 2. The fourth-order valence-electron chi connectivity index (χ4n) is 4.35. The quantitative estimate of drug-likeness (QED) is 0.434. The summed E-state index contributed by atoms with van der Waals surface area (Å²) in [6, 6.07) is 14.1. The molecule has 1 aliphatic carbocycles. The van der Waals surface area contributed by atoms with Crippen LogP contribution in [-0.4, -0.2) is 36.2 Å². The number of carbonyl (C=O) groups is 2. The van der Waals surface area contributed by atoms with Crippen LogP contribution in [0.2, 0.25) is 0 Å². The fourth-order valence-corrected chi connectivity index (χ4v) is 4.35. The van der Waals surface area contributed by atoms with Crippen molar-refractivity contribution in [1.29, 1.82) is 0 Å². The lowest BCUT2D eigenvalue weighted by molar-refractivity contribution is -0.117. The number of nitrogens with zero attached hydrogens (tertiary/aromatic N) is 1. The van der Waals surface area contributed by atoms with Gasteiger partial charge in [-0.05, 0) is 106 Å². The molecule has 0 radical (unpaired) electrons. The number of piperidine rings is 1. The predicted octanol–water partition coefficient (Wildman–Crippen LogP) is 5.41. The molecule has 4 rings (SSSR count). The van der Waals surface area contributed by atoms with Crippen molar-refractivity contribution < 1.29 is 14.0 Å². The highest BCUT2D eigenvalue weighted by molar-refractivity contribution is 5.96. The van der Waals surface area contributed by atoms with E-state index in [-0.39, 0.29) is 23.4 Å². The molecule has 0 atom stereocenters. The Bertz CT molecular complexity index is 900. The Morgan fingerprint density at radius 3 is 2.42 bits per heavy atom. The van der Waals surface area contributed by atoms with E-state index in [1.165, 1.54) is 17.7 Å². The summed E-state index contributed by atoms with van der Waals surface area (Å²) in [4.78, 5) is 26.7. The smallest absolute Gasteiger partial charge is 0.227 e. The Morgan fingerprint density at radius 1 is 0.968 bits per heavy atom. The van der Waals surface area contributed by atoms with Gasteiger partial charge in [0.25, 0.3) is 0 Å². The van der Waals surface area contributed by atoms with Gasteiger partial charge in [0.15, 0.2) is 5.78 Å². The van der Waals surface area contributed by atoms with Crippen molar-refractivity contribution in [2.75, 3.05) is 25.0 Å². The Hall–Kier alpha value is -2.53. The molecule has 1 aliphatic heterocycles. The van der Waals surface area contributed by atoms with E-state index < -0.39 is 0 Å². The predicted molar refractivity (Wildman–Crippen MR) is 121 cm³/mol. The summed E-state index contributed by atoms with van der Waals surface area (Å²) in [6.07, 6.45) is 6.65. The highest BCUT2D eigenvalue weighted by Gasteiger charge is 2.29. The highest BCUT2D eigenvalue weighted by atomic mass is 19.1. The number of rotatable bonds is 9. The van der Waals surface area contributed by atoms with Gasteiger partial charge >= 0.3 is 0 Å². The van der Waals surface area contributed by atoms with Crippen LogP contribution in [0, 0.1) is 11.7 Å².